The number of nitrogens with zero attached hydrogens (tertiary/aromatic N) is 2. The minimum Gasteiger partial charge on any atom is -0.354 e. The van der Waals surface area contributed by atoms with Crippen molar-refractivity contribution < 1.29 is 22.4 Å². The van der Waals surface area contributed by atoms with Gasteiger partial charge in [-0.3, -0.25) is 13.9 Å². The van der Waals surface area contributed by atoms with Gasteiger partial charge in [-0.15, -0.1) is 0 Å². The molecule has 0 spiro atoms. The Morgan fingerprint density at radius 1 is 0.949 bits per heavy atom. The molecule has 0 aliphatic heterocycles. The lowest BCUT2D eigenvalue weighted by molar-refractivity contribution is -0.140. The van der Waals surface area contributed by atoms with Gasteiger partial charge in [-0.1, -0.05) is 73.4 Å². The largest absolute Gasteiger partial charge is 0.354 e. The summed E-state index contributed by atoms with van der Waals surface area (Å²) >= 11 is 12.6. The summed E-state index contributed by atoms with van der Waals surface area (Å²) in [6.07, 6.45) is 0.969. The summed E-state index contributed by atoms with van der Waals surface area (Å²) in [6, 6.07) is 16.8. The fourth-order valence-corrected chi connectivity index (χ4v) is 5.88. The number of hydrogen-bond acceptors (Lipinski definition) is 4. The molecule has 1 unspecified atom stereocenters. The average Bonchev–Trinajstić information content (AvgIpc) is 2.93. The van der Waals surface area contributed by atoms with Crippen molar-refractivity contribution in [3.8, 4) is 0 Å². The monoisotopic (exact) mass is 593 g/mol. The molecule has 0 saturated heterocycles. The molecule has 3 rings (SSSR count). The van der Waals surface area contributed by atoms with Gasteiger partial charge < -0.3 is 10.2 Å². The fraction of sp³-hybridized carbons (Fsp3) is 0.286. The molecule has 208 valence electrons. The first-order valence-corrected chi connectivity index (χ1v) is 14.6. The van der Waals surface area contributed by atoms with Crippen molar-refractivity contribution in [2.45, 2.75) is 44.2 Å². The molecular formula is C28H30Cl2FN3O4S. The third kappa shape index (κ3) is 7.50. The lowest BCUT2D eigenvalue weighted by Gasteiger charge is -2.33. The van der Waals surface area contributed by atoms with Crippen LogP contribution in [0.3, 0.4) is 0 Å². The molecule has 7 nitrogen and oxygen atoms in total. The molecule has 0 fully saturated rings. The third-order valence-corrected chi connectivity index (χ3v) is 8.59. The predicted octanol–water partition coefficient (Wildman–Crippen LogP) is 5.66. The van der Waals surface area contributed by atoms with Gasteiger partial charge in [0.2, 0.25) is 11.8 Å². The molecule has 11 heteroatoms. The summed E-state index contributed by atoms with van der Waals surface area (Å²) in [5, 5.41) is 2.88. The van der Waals surface area contributed by atoms with E-state index in [0.29, 0.717) is 18.5 Å². The maximum absolute atomic E-state index is 13.9. The summed E-state index contributed by atoms with van der Waals surface area (Å²) in [4.78, 5) is 28.3. The highest BCUT2D eigenvalue weighted by molar-refractivity contribution is 7.92. The lowest BCUT2D eigenvalue weighted by Crippen LogP contribution is -2.52. The molecule has 2 amide bonds. The van der Waals surface area contributed by atoms with Crippen LogP contribution in [0.1, 0.15) is 32.3 Å². The van der Waals surface area contributed by atoms with E-state index in [2.05, 4.69) is 5.32 Å². The van der Waals surface area contributed by atoms with Crippen LogP contribution < -0.4 is 9.62 Å². The standard InChI is InChI=1S/C28H30Cl2FN3O4S/c1-3-17-32-28(36)24(4-2)33(18-20-13-15-21(31)16-14-20)26(35)19-34(25-12-8-11-23(29)27(25)30)39(37,38)22-9-6-5-7-10-22/h5-16,24H,3-4,17-19H2,1-2H3,(H,32,36). The molecule has 39 heavy (non-hydrogen) atoms. The van der Waals surface area contributed by atoms with Crippen LogP contribution in [0.25, 0.3) is 0 Å². The van der Waals surface area contributed by atoms with Crippen LogP contribution in [0.15, 0.2) is 77.7 Å². The highest BCUT2D eigenvalue weighted by atomic mass is 35.5. The Labute approximate surface area is 238 Å². The highest BCUT2D eigenvalue weighted by Crippen LogP contribution is 2.35. The second-order valence-corrected chi connectivity index (χ2v) is 11.4. The van der Waals surface area contributed by atoms with Crippen molar-refractivity contribution in [1.29, 1.82) is 0 Å². The van der Waals surface area contributed by atoms with E-state index in [1.165, 1.54) is 59.5 Å². The minimum absolute atomic E-state index is 0.0200. The number of carbonyl (C=O) groups is 2. The average molecular weight is 595 g/mol. The van der Waals surface area contributed by atoms with Crippen LogP contribution in [-0.2, 0) is 26.2 Å². The molecule has 0 radical (unpaired) electrons. The van der Waals surface area contributed by atoms with E-state index in [-0.39, 0.29) is 39.5 Å². The molecule has 0 heterocycles. The van der Waals surface area contributed by atoms with Crippen molar-refractivity contribution in [2.24, 2.45) is 0 Å². The van der Waals surface area contributed by atoms with Crippen LogP contribution in [0.5, 0.6) is 0 Å². The van der Waals surface area contributed by atoms with E-state index in [1.54, 1.807) is 25.1 Å². The summed E-state index contributed by atoms with van der Waals surface area (Å²) < 4.78 is 42.0. The maximum Gasteiger partial charge on any atom is 0.264 e. The van der Waals surface area contributed by atoms with Gasteiger partial charge >= 0.3 is 0 Å². The zero-order valence-corrected chi connectivity index (χ0v) is 23.9. The Bertz CT molecular complexity index is 1390. The summed E-state index contributed by atoms with van der Waals surface area (Å²) in [7, 11) is -4.27. The maximum atomic E-state index is 13.9. The van der Waals surface area contributed by atoms with Crippen LogP contribution in [0.4, 0.5) is 10.1 Å². The fourth-order valence-electron chi connectivity index (χ4n) is 3.99. The number of halogens is 3. The number of nitrogens with one attached hydrogen (secondary N) is 1. The van der Waals surface area contributed by atoms with Gasteiger partial charge in [-0.25, -0.2) is 12.8 Å². The van der Waals surface area contributed by atoms with Crippen molar-refractivity contribution >= 4 is 50.7 Å². The second kappa shape index (κ2) is 13.8. The third-order valence-electron chi connectivity index (χ3n) is 6.01. The topological polar surface area (TPSA) is 86.8 Å². The minimum atomic E-state index is -4.27. The van der Waals surface area contributed by atoms with Crippen LogP contribution in [0.2, 0.25) is 10.0 Å². The number of sulfonamides is 1. The number of carbonyl (C=O) groups excluding carboxylic acids is 2. The van der Waals surface area contributed by atoms with Gasteiger partial charge in [-0.2, -0.15) is 0 Å². The zero-order chi connectivity index (χ0) is 28.6. The quantitative estimate of drug-likeness (QED) is 0.293. The molecule has 1 N–H and O–H groups in total. The van der Waals surface area contributed by atoms with Crippen LogP contribution in [-0.4, -0.2) is 44.3 Å². The highest BCUT2D eigenvalue weighted by Gasteiger charge is 2.34. The number of anilines is 1. The molecule has 0 aromatic heterocycles. The van der Waals surface area contributed by atoms with E-state index in [1.807, 2.05) is 6.92 Å². The number of amides is 2. The van der Waals surface area contributed by atoms with Crippen molar-refractivity contribution in [3.63, 3.8) is 0 Å². The normalized spacial score (nSPS) is 12.0. The van der Waals surface area contributed by atoms with Gasteiger partial charge in [0.15, 0.2) is 0 Å². The number of benzene rings is 3. The molecule has 0 bridgehead atoms. The van der Waals surface area contributed by atoms with E-state index in [4.69, 9.17) is 23.2 Å². The first-order valence-electron chi connectivity index (χ1n) is 12.4. The van der Waals surface area contributed by atoms with Crippen molar-refractivity contribution in [1.82, 2.24) is 10.2 Å². The molecule has 3 aromatic carbocycles. The summed E-state index contributed by atoms with van der Waals surface area (Å²) in [5.41, 5.74) is 0.594. The Morgan fingerprint density at radius 2 is 1.62 bits per heavy atom. The van der Waals surface area contributed by atoms with E-state index >= 15 is 0 Å². The SMILES string of the molecule is CCCNC(=O)C(CC)N(Cc1ccc(F)cc1)C(=O)CN(c1cccc(Cl)c1Cl)S(=O)(=O)c1ccccc1. The first kappa shape index (κ1) is 30.4. The van der Waals surface area contributed by atoms with Crippen LogP contribution >= 0.6 is 23.2 Å². The molecule has 0 aliphatic carbocycles. The van der Waals surface area contributed by atoms with Gasteiger partial charge in [-0.05, 0) is 54.8 Å². The Morgan fingerprint density at radius 3 is 2.23 bits per heavy atom. The summed E-state index contributed by atoms with van der Waals surface area (Å²) in [6.45, 7) is 3.38. The van der Waals surface area contributed by atoms with E-state index in [0.717, 1.165) is 4.31 Å². The lowest BCUT2D eigenvalue weighted by atomic mass is 10.1. The van der Waals surface area contributed by atoms with Crippen molar-refractivity contribution in [2.75, 3.05) is 17.4 Å². The molecule has 3 aromatic rings. The van der Waals surface area contributed by atoms with E-state index in [9.17, 15) is 22.4 Å². The Kier molecular flexibility index (Phi) is 10.7. The van der Waals surface area contributed by atoms with Gasteiger partial charge in [0.1, 0.15) is 18.4 Å². The van der Waals surface area contributed by atoms with Gasteiger partial charge in [0.25, 0.3) is 10.0 Å². The number of rotatable bonds is 12. The van der Waals surface area contributed by atoms with E-state index < -0.39 is 34.3 Å². The second-order valence-electron chi connectivity index (χ2n) is 8.76. The van der Waals surface area contributed by atoms with Gasteiger partial charge in [0.05, 0.1) is 20.6 Å². The summed E-state index contributed by atoms with van der Waals surface area (Å²) in [5.74, 6) is -1.46. The van der Waals surface area contributed by atoms with Crippen LogP contribution in [0, 0.1) is 5.82 Å². The molecule has 1 atom stereocenters. The molecule has 0 aliphatic rings. The Hall–Kier alpha value is -3.14. The van der Waals surface area contributed by atoms with Gasteiger partial charge in [0, 0.05) is 13.1 Å². The zero-order valence-electron chi connectivity index (χ0n) is 21.6. The smallest absolute Gasteiger partial charge is 0.264 e. The van der Waals surface area contributed by atoms with Crippen molar-refractivity contribution in [3.05, 3.63) is 94.2 Å². The number of hydrogen-bond donors (Lipinski definition) is 1. The first-order chi connectivity index (χ1) is 18.6. The molecule has 0 saturated carbocycles. The Balaban J connectivity index is 2.08. The predicted molar refractivity (Wildman–Crippen MR) is 152 cm³/mol. The molecular weight excluding hydrogens is 564 g/mol.